The molecular weight excluding hydrogens is 302 g/mol. The Kier molecular flexibility index (Phi) is 5.38. The maximum absolute atomic E-state index is 12.2. The van der Waals surface area contributed by atoms with Crippen molar-refractivity contribution in [1.82, 2.24) is 15.1 Å². The summed E-state index contributed by atoms with van der Waals surface area (Å²) >= 11 is 0. The van der Waals surface area contributed by atoms with Gasteiger partial charge in [0, 0.05) is 38.1 Å². The van der Waals surface area contributed by atoms with Gasteiger partial charge in [0.25, 0.3) is 0 Å². The number of piperazine rings is 1. The molecule has 2 heterocycles. The smallest absolute Gasteiger partial charge is 0.238 e. The lowest BCUT2D eigenvalue weighted by Crippen LogP contribution is -2.49. The predicted octanol–water partition coefficient (Wildman–Crippen LogP) is 1.80. The first kappa shape index (κ1) is 16.4. The van der Waals surface area contributed by atoms with Crippen LogP contribution in [0, 0.1) is 0 Å². The highest BCUT2D eigenvalue weighted by Gasteiger charge is 2.20. The average molecular weight is 325 g/mol. The van der Waals surface area contributed by atoms with E-state index in [0.717, 1.165) is 44.1 Å². The zero-order valence-electron chi connectivity index (χ0n) is 14.0. The summed E-state index contributed by atoms with van der Waals surface area (Å²) < 4.78 is 0. The third-order valence-electron chi connectivity index (χ3n) is 4.24. The topological polar surface area (TPSA) is 61.4 Å². The van der Waals surface area contributed by atoms with Crippen LogP contribution in [-0.2, 0) is 11.2 Å². The zero-order valence-corrected chi connectivity index (χ0v) is 14.0. The third-order valence-corrected chi connectivity index (χ3v) is 4.24. The van der Waals surface area contributed by atoms with Gasteiger partial charge in [0.05, 0.1) is 6.54 Å². The molecule has 3 rings (SSSR count). The van der Waals surface area contributed by atoms with Crippen LogP contribution in [0.15, 0.2) is 42.6 Å². The van der Waals surface area contributed by atoms with Crippen LogP contribution >= 0.6 is 0 Å². The van der Waals surface area contributed by atoms with E-state index in [2.05, 4.69) is 38.3 Å². The van der Waals surface area contributed by atoms with Crippen molar-refractivity contribution in [3.63, 3.8) is 0 Å². The van der Waals surface area contributed by atoms with Crippen molar-refractivity contribution >= 4 is 17.4 Å². The largest absolute Gasteiger partial charge is 0.353 e. The highest BCUT2D eigenvalue weighted by molar-refractivity contribution is 5.92. The number of carbonyl (C=O) groups is 1. The molecule has 1 fully saturated rings. The highest BCUT2D eigenvalue weighted by atomic mass is 16.2. The SMILES string of the molecule is CCc1cccc(NC(=O)CN2CCN(c3cccnn3)CC2)c1. The van der Waals surface area contributed by atoms with Gasteiger partial charge in [-0.2, -0.15) is 5.10 Å². The molecule has 0 spiro atoms. The van der Waals surface area contributed by atoms with E-state index in [1.165, 1.54) is 5.56 Å². The van der Waals surface area contributed by atoms with Crippen molar-refractivity contribution in [2.24, 2.45) is 0 Å². The lowest BCUT2D eigenvalue weighted by atomic mass is 10.1. The molecule has 0 bridgehead atoms. The summed E-state index contributed by atoms with van der Waals surface area (Å²) in [6, 6.07) is 11.9. The van der Waals surface area contributed by atoms with Crippen LogP contribution < -0.4 is 10.2 Å². The Bertz CT molecular complexity index is 668. The number of amides is 1. The van der Waals surface area contributed by atoms with Gasteiger partial charge in [-0.3, -0.25) is 9.69 Å². The maximum atomic E-state index is 12.2. The quantitative estimate of drug-likeness (QED) is 0.908. The molecule has 1 aromatic heterocycles. The zero-order chi connectivity index (χ0) is 16.8. The molecule has 1 saturated heterocycles. The maximum Gasteiger partial charge on any atom is 0.238 e. The van der Waals surface area contributed by atoms with Crippen LogP contribution in [0.3, 0.4) is 0 Å². The Hall–Kier alpha value is -2.47. The highest BCUT2D eigenvalue weighted by Crippen LogP contribution is 2.13. The minimum atomic E-state index is 0.0382. The van der Waals surface area contributed by atoms with Crippen molar-refractivity contribution in [3.8, 4) is 0 Å². The Balaban J connectivity index is 1.48. The monoisotopic (exact) mass is 325 g/mol. The van der Waals surface area contributed by atoms with E-state index in [1.807, 2.05) is 30.3 Å². The second-order valence-corrected chi connectivity index (χ2v) is 5.95. The van der Waals surface area contributed by atoms with E-state index < -0.39 is 0 Å². The van der Waals surface area contributed by atoms with Crippen LogP contribution in [-0.4, -0.2) is 53.7 Å². The fourth-order valence-electron chi connectivity index (χ4n) is 2.87. The molecule has 1 aromatic carbocycles. The fraction of sp³-hybridized carbons (Fsp3) is 0.389. The van der Waals surface area contributed by atoms with E-state index in [9.17, 15) is 4.79 Å². The Morgan fingerprint density at radius 3 is 2.71 bits per heavy atom. The van der Waals surface area contributed by atoms with E-state index >= 15 is 0 Å². The summed E-state index contributed by atoms with van der Waals surface area (Å²) in [5.74, 6) is 0.939. The molecule has 0 saturated carbocycles. The Morgan fingerprint density at radius 1 is 1.17 bits per heavy atom. The van der Waals surface area contributed by atoms with Gasteiger partial charge in [0.2, 0.25) is 5.91 Å². The summed E-state index contributed by atoms with van der Waals surface area (Å²) in [4.78, 5) is 16.6. The molecule has 126 valence electrons. The summed E-state index contributed by atoms with van der Waals surface area (Å²) in [6.07, 6.45) is 2.64. The van der Waals surface area contributed by atoms with Crippen molar-refractivity contribution in [2.45, 2.75) is 13.3 Å². The predicted molar refractivity (Wildman–Crippen MR) is 95.1 cm³/mol. The molecule has 6 heteroatoms. The average Bonchev–Trinajstić information content (AvgIpc) is 2.63. The van der Waals surface area contributed by atoms with Gasteiger partial charge in [-0.15, -0.1) is 5.10 Å². The van der Waals surface area contributed by atoms with Crippen molar-refractivity contribution in [2.75, 3.05) is 42.9 Å². The van der Waals surface area contributed by atoms with Crippen LogP contribution in [0.25, 0.3) is 0 Å². The third kappa shape index (κ3) is 4.29. The van der Waals surface area contributed by atoms with Crippen LogP contribution in [0.1, 0.15) is 12.5 Å². The minimum absolute atomic E-state index is 0.0382. The molecule has 0 aliphatic carbocycles. The van der Waals surface area contributed by atoms with E-state index in [1.54, 1.807) is 6.20 Å². The molecule has 0 atom stereocenters. The van der Waals surface area contributed by atoms with Gasteiger partial charge in [0.15, 0.2) is 5.82 Å². The number of aryl methyl sites for hydroxylation is 1. The van der Waals surface area contributed by atoms with Crippen LogP contribution in [0.4, 0.5) is 11.5 Å². The lowest BCUT2D eigenvalue weighted by molar-refractivity contribution is -0.117. The normalized spacial score (nSPS) is 15.3. The molecule has 1 amide bonds. The Labute approximate surface area is 142 Å². The van der Waals surface area contributed by atoms with Gasteiger partial charge in [0.1, 0.15) is 0 Å². The second-order valence-electron chi connectivity index (χ2n) is 5.95. The Morgan fingerprint density at radius 2 is 2.00 bits per heavy atom. The fourth-order valence-corrected chi connectivity index (χ4v) is 2.87. The first-order chi connectivity index (χ1) is 11.7. The molecule has 2 aromatic rings. The van der Waals surface area contributed by atoms with E-state index in [4.69, 9.17) is 0 Å². The molecule has 24 heavy (non-hydrogen) atoms. The molecule has 1 N–H and O–H groups in total. The standard InChI is InChI=1S/C18H23N5O/c1-2-15-5-3-6-16(13-15)20-18(24)14-22-9-11-23(12-10-22)17-7-4-8-19-21-17/h3-8,13H,2,9-12,14H2,1H3,(H,20,24). The van der Waals surface area contributed by atoms with Crippen molar-refractivity contribution in [3.05, 3.63) is 48.2 Å². The van der Waals surface area contributed by atoms with Gasteiger partial charge >= 0.3 is 0 Å². The van der Waals surface area contributed by atoms with Gasteiger partial charge in [-0.05, 0) is 36.2 Å². The second kappa shape index (κ2) is 7.88. The van der Waals surface area contributed by atoms with E-state index in [-0.39, 0.29) is 5.91 Å². The number of nitrogens with one attached hydrogen (secondary N) is 1. The molecule has 6 nitrogen and oxygen atoms in total. The van der Waals surface area contributed by atoms with Gasteiger partial charge in [-0.25, -0.2) is 0 Å². The van der Waals surface area contributed by atoms with Crippen molar-refractivity contribution < 1.29 is 4.79 Å². The molecule has 0 unspecified atom stereocenters. The number of hydrogen-bond acceptors (Lipinski definition) is 5. The van der Waals surface area contributed by atoms with E-state index in [0.29, 0.717) is 6.54 Å². The lowest BCUT2D eigenvalue weighted by Gasteiger charge is -2.34. The summed E-state index contributed by atoms with van der Waals surface area (Å²) in [7, 11) is 0. The van der Waals surface area contributed by atoms with Crippen molar-refractivity contribution in [1.29, 1.82) is 0 Å². The molecular formula is C18H23N5O. The minimum Gasteiger partial charge on any atom is -0.353 e. The first-order valence-electron chi connectivity index (χ1n) is 8.38. The number of nitrogens with zero attached hydrogens (tertiary/aromatic N) is 4. The number of aromatic nitrogens is 2. The van der Waals surface area contributed by atoms with Gasteiger partial charge < -0.3 is 10.2 Å². The molecule has 0 radical (unpaired) electrons. The van der Waals surface area contributed by atoms with Crippen LogP contribution in [0.5, 0.6) is 0 Å². The molecule has 1 aliphatic rings. The first-order valence-corrected chi connectivity index (χ1v) is 8.38. The number of anilines is 2. The number of benzene rings is 1. The number of hydrogen-bond donors (Lipinski definition) is 1. The molecule has 1 aliphatic heterocycles. The van der Waals surface area contributed by atoms with Crippen LogP contribution in [0.2, 0.25) is 0 Å². The summed E-state index contributed by atoms with van der Waals surface area (Å²) in [5.41, 5.74) is 2.10. The number of rotatable bonds is 5. The van der Waals surface area contributed by atoms with Gasteiger partial charge in [-0.1, -0.05) is 19.1 Å². The number of carbonyl (C=O) groups excluding carboxylic acids is 1. The summed E-state index contributed by atoms with van der Waals surface area (Å²) in [6.45, 7) is 5.94. The summed E-state index contributed by atoms with van der Waals surface area (Å²) in [5, 5.41) is 11.0.